The number of para-hydroxylation sites is 2. The van der Waals surface area contributed by atoms with Gasteiger partial charge in [0.1, 0.15) is 0 Å². The Morgan fingerprint density at radius 1 is 0.805 bits per heavy atom. The van der Waals surface area contributed by atoms with Crippen LogP contribution in [0.15, 0.2) is 24.3 Å². The Hall–Kier alpha value is -2.90. The van der Waals surface area contributed by atoms with Crippen LogP contribution < -0.4 is 10.2 Å². The first kappa shape index (κ1) is 29.6. The van der Waals surface area contributed by atoms with Gasteiger partial charge in [-0.2, -0.15) is 0 Å². The lowest BCUT2D eigenvalue weighted by atomic mass is 9.53. The van der Waals surface area contributed by atoms with Crippen LogP contribution in [-0.4, -0.2) is 43.0 Å². The van der Waals surface area contributed by atoms with Gasteiger partial charge in [-0.25, -0.2) is 9.59 Å². The summed E-state index contributed by atoms with van der Waals surface area (Å²) in [5, 5.41) is 2.62. The van der Waals surface area contributed by atoms with Gasteiger partial charge in [0.05, 0.1) is 24.6 Å². The fourth-order valence-corrected chi connectivity index (χ4v) is 9.21. The molecule has 0 aromatic heterocycles. The molecule has 8 atom stereocenters. The first-order valence-electron chi connectivity index (χ1n) is 15.9. The molecule has 4 saturated carbocycles. The summed E-state index contributed by atoms with van der Waals surface area (Å²) in [6.07, 6.45) is 12.0. The van der Waals surface area contributed by atoms with Crippen LogP contribution in [0.25, 0.3) is 0 Å². The third kappa shape index (κ3) is 6.46. The topological polar surface area (TPSA) is 102 Å². The highest BCUT2D eigenvalue weighted by atomic mass is 16.5. The zero-order valence-electron chi connectivity index (χ0n) is 24.8. The van der Waals surface area contributed by atoms with Gasteiger partial charge in [0.15, 0.2) is 0 Å². The zero-order chi connectivity index (χ0) is 29.1. The van der Waals surface area contributed by atoms with E-state index in [2.05, 4.69) is 12.2 Å². The van der Waals surface area contributed by atoms with Crippen molar-refractivity contribution in [3.05, 3.63) is 24.3 Å². The van der Waals surface area contributed by atoms with Crippen LogP contribution in [0, 0.1) is 41.4 Å². The van der Waals surface area contributed by atoms with E-state index in [0.717, 1.165) is 49.4 Å². The fraction of sp³-hybridized carbons (Fsp3) is 0.697. The lowest BCUT2D eigenvalue weighted by Gasteiger charge is -2.54. The predicted octanol–water partition coefficient (Wildman–Crippen LogP) is 5.74. The molecule has 4 aliphatic carbocycles. The van der Waals surface area contributed by atoms with E-state index in [1.54, 1.807) is 43.0 Å². The predicted molar refractivity (Wildman–Crippen MR) is 156 cm³/mol. The minimum absolute atomic E-state index is 0.0783. The van der Waals surface area contributed by atoms with Crippen molar-refractivity contribution in [3.8, 4) is 0 Å². The van der Waals surface area contributed by atoms with E-state index in [0.29, 0.717) is 29.1 Å². The highest BCUT2D eigenvalue weighted by Gasteiger charge is 2.49. The number of hydrogen-bond acceptors (Lipinski definition) is 6. The molecular formula is C33H46N2O6. The van der Waals surface area contributed by atoms with Crippen molar-refractivity contribution in [3.63, 3.8) is 0 Å². The smallest absolute Gasteiger partial charge is 0.397 e. The molecule has 4 aliphatic rings. The maximum absolute atomic E-state index is 13.7. The number of amides is 2. The Labute approximate surface area is 243 Å². The number of fused-ring (bicyclic) bond motifs is 4. The fourth-order valence-electron chi connectivity index (χ4n) is 9.21. The Morgan fingerprint density at radius 2 is 1.41 bits per heavy atom. The molecule has 1 N–H and O–H groups in total. The van der Waals surface area contributed by atoms with Gasteiger partial charge >= 0.3 is 23.8 Å². The number of nitrogens with one attached hydrogen (secondary N) is 1. The molecule has 5 rings (SSSR count). The Bertz CT molecular complexity index is 1100. The van der Waals surface area contributed by atoms with Gasteiger partial charge in [-0.05, 0) is 112 Å². The largest absolute Gasteiger partial charge is 0.459 e. The van der Waals surface area contributed by atoms with Crippen molar-refractivity contribution < 1.29 is 28.7 Å². The molecule has 2 amide bonds. The molecule has 0 heterocycles. The van der Waals surface area contributed by atoms with Crippen molar-refractivity contribution in [2.45, 2.75) is 91.0 Å². The van der Waals surface area contributed by atoms with Gasteiger partial charge in [0.25, 0.3) is 0 Å². The number of carbonyl (C=O) groups is 4. The second-order valence-corrected chi connectivity index (χ2v) is 13.0. The molecule has 0 aliphatic heterocycles. The monoisotopic (exact) mass is 566 g/mol. The standard InChI is InChI=1S/C33H46N2O6/c1-4-40-32(38)30(36)34-27-11-6-7-12-28(27)35(31(37)33(39)41-5-2)26-18-23-9-8-10-24(19-26)29(23)25-16-21-13-20(3)14-22(15-21)17-25/h6-7,11-12,20-26,29H,4-5,8-10,13-19H2,1-3H3,(H,34,36)/t20-,21-,22+,23-,24+,25-,26-,29?. The lowest BCUT2D eigenvalue weighted by Crippen LogP contribution is -2.53. The van der Waals surface area contributed by atoms with E-state index >= 15 is 0 Å². The SMILES string of the molecule is CCOC(=O)C(=O)Nc1ccccc1N(C(=O)C(=O)OCC)[C@@H]1C[C@H]2CCC[C@@H](C1)C2[C@@H]1C[C@@H]2C[C@@H](C)C[C@@H](C2)C1. The summed E-state index contributed by atoms with van der Waals surface area (Å²) >= 11 is 0. The zero-order valence-corrected chi connectivity index (χ0v) is 24.8. The molecule has 4 bridgehead atoms. The molecule has 224 valence electrons. The van der Waals surface area contributed by atoms with Crippen LogP contribution in [0.1, 0.15) is 85.0 Å². The number of rotatable bonds is 6. The molecule has 0 saturated heterocycles. The lowest BCUT2D eigenvalue weighted by molar-refractivity contribution is -0.153. The first-order chi connectivity index (χ1) is 19.8. The summed E-state index contributed by atoms with van der Waals surface area (Å²) in [6.45, 7) is 5.90. The Balaban J connectivity index is 1.41. The van der Waals surface area contributed by atoms with E-state index in [1.807, 2.05) is 0 Å². The molecule has 1 unspecified atom stereocenters. The van der Waals surface area contributed by atoms with Crippen LogP contribution in [0.2, 0.25) is 0 Å². The molecule has 4 fully saturated rings. The van der Waals surface area contributed by atoms with Gasteiger partial charge in [-0.15, -0.1) is 0 Å². The molecule has 41 heavy (non-hydrogen) atoms. The van der Waals surface area contributed by atoms with E-state index < -0.39 is 23.8 Å². The van der Waals surface area contributed by atoms with Gasteiger partial charge in [-0.1, -0.05) is 38.3 Å². The Kier molecular flexibility index (Phi) is 9.35. The van der Waals surface area contributed by atoms with E-state index in [-0.39, 0.29) is 19.3 Å². The molecular weight excluding hydrogens is 520 g/mol. The maximum Gasteiger partial charge on any atom is 0.397 e. The molecule has 8 nitrogen and oxygen atoms in total. The Morgan fingerprint density at radius 3 is 2.05 bits per heavy atom. The third-order valence-corrected chi connectivity index (χ3v) is 10.2. The number of ether oxygens (including phenoxy) is 2. The summed E-state index contributed by atoms with van der Waals surface area (Å²) in [5.41, 5.74) is 0.704. The minimum Gasteiger partial charge on any atom is -0.459 e. The quantitative estimate of drug-likeness (QED) is 0.348. The summed E-state index contributed by atoms with van der Waals surface area (Å²) in [4.78, 5) is 52.8. The summed E-state index contributed by atoms with van der Waals surface area (Å²) in [6, 6.07) is 6.68. The molecule has 1 aromatic rings. The normalized spacial score (nSPS) is 32.4. The second-order valence-electron chi connectivity index (χ2n) is 13.0. The first-order valence-corrected chi connectivity index (χ1v) is 15.9. The van der Waals surface area contributed by atoms with E-state index in [9.17, 15) is 19.2 Å². The molecule has 8 heteroatoms. The van der Waals surface area contributed by atoms with E-state index in [1.165, 1.54) is 38.5 Å². The maximum atomic E-state index is 13.7. The van der Waals surface area contributed by atoms with Crippen LogP contribution in [0.5, 0.6) is 0 Å². The number of anilines is 2. The summed E-state index contributed by atoms with van der Waals surface area (Å²) in [7, 11) is 0. The van der Waals surface area contributed by atoms with Crippen molar-refractivity contribution in [2.75, 3.05) is 23.4 Å². The molecule has 0 spiro atoms. The number of benzene rings is 1. The number of hydrogen-bond donors (Lipinski definition) is 1. The number of nitrogens with zero attached hydrogens (tertiary/aromatic N) is 1. The van der Waals surface area contributed by atoms with Gasteiger partial charge in [-0.3, -0.25) is 14.5 Å². The van der Waals surface area contributed by atoms with Gasteiger partial charge in [0.2, 0.25) is 0 Å². The van der Waals surface area contributed by atoms with Crippen LogP contribution in [-0.2, 0) is 28.7 Å². The summed E-state index contributed by atoms with van der Waals surface area (Å²) < 4.78 is 10.0. The average molecular weight is 567 g/mol. The van der Waals surface area contributed by atoms with Crippen LogP contribution in [0.4, 0.5) is 11.4 Å². The van der Waals surface area contributed by atoms with E-state index in [4.69, 9.17) is 9.47 Å². The highest BCUT2D eigenvalue weighted by Crippen LogP contribution is 2.56. The second kappa shape index (κ2) is 13.0. The summed E-state index contributed by atoms with van der Waals surface area (Å²) in [5.74, 6) is 1.47. The van der Waals surface area contributed by atoms with Crippen LogP contribution in [0.3, 0.4) is 0 Å². The number of carbonyl (C=O) groups excluding carboxylic acids is 4. The van der Waals surface area contributed by atoms with Gasteiger partial charge < -0.3 is 14.8 Å². The number of esters is 2. The average Bonchev–Trinajstić information content (AvgIpc) is 2.93. The molecule has 1 aromatic carbocycles. The highest BCUT2D eigenvalue weighted by molar-refractivity contribution is 6.40. The van der Waals surface area contributed by atoms with Crippen molar-refractivity contribution in [1.82, 2.24) is 0 Å². The van der Waals surface area contributed by atoms with Gasteiger partial charge in [0, 0.05) is 6.04 Å². The van der Waals surface area contributed by atoms with Crippen molar-refractivity contribution in [2.24, 2.45) is 41.4 Å². The molecule has 0 radical (unpaired) electrons. The minimum atomic E-state index is -0.993. The third-order valence-electron chi connectivity index (χ3n) is 10.2. The van der Waals surface area contributed by atoms with Crippen molar-refractivity contribution in [1.29, 1.82) is 0 Å². The van der Waals surface area contributed by atoms with Crippen molar-refractivity contribution >= 4 is 35.1 Å². The van der Waals surface area contributed by atoms with Crippen LogP contribution >= 0.6 is 0 Å².